The first-order valence-corrected chi connectivity index (χ1v) is 6.10. The molecule has 0 aliphatic heterocycles. The second-order valence-corrected chi connectivity index (χ2v) is 4.59. The number of aldehydes is 1. The first kappa shape index (κ1) is 9.55. The minimum absolute atomic E-state index is 0.0574. The summed E-state index contributed by atoms with van der Waals surface area (Å²) in [5.41, 5.74) is 0.353. The summed E-state index contributed by atoms with van der Waals surface area (Å²) in [6.45, 7) is 0. The molecule has 0 aliphatic rings. The third-order valence-electron chi connectivity index (χ3n) is 2.03. The van der Waals surface area contributed by atoms with E-state index in [9.17, 15) is 9.90 Å². The van der Waals surface area contributed by atoms with Gasteiger partial charge in [-0.1, -0.05) is 0 Å². The van der Waals surface area contributed by atoms with Crippen LogP contribution in [0.2, 0.25) is 0 Å². The van der Waals surface area contributed by atoms with Gasteiger partial charge in [0, 0.05) is 20.4 Å². The molecule has 1 N–H and O–H groups in total. The predicted octanol–water partition coefficient (Wildman–Crippen LogP) is 3.14. The molecule has 72 valence electrons. The van der Waals surface area contributed by atoms with Crippen molar-refractivity contribution in [3.63, 3.8) is 0 Å². The number of carbonyl (C=O) groups excluding carboxylic acids is 1. The predicted molar refractivity (Wildman–Crippen MR) is 60.7 cm³/mol. The fourth-order valence-electron chi connectivity index (χ4n) is 1.31. The van der Waals surface area contributed by atoms with Gasteiger partial charge in [0.05, 0.1) is 5.56 Å². The molecular formula is C10H8O2S2. The van der Waals surface area contributed by atoms with E-state index in [1.165, 1.54) is 0 Å². The van der Waals surface area contributed by atoms with Gasteiger partial charge >= 0.3 is 0 Å². The molecule has 2 aromatic rings. The Kier molecular flexibility index (Phi) is 2.48. The van der Waals surface area contributed by atoms with Gasteiger partial charge in [0.1, 0.15) is 5.75 Å². The number of carbonyl (C=O) groups is 1. The van der Waals surface area contributed by atoms with Crippen LogP contribution in [0, 0.1) is 0 Å². The third-order valence-corrected chi connectivity index (χ3v) is 3.91. The molecule has 1 heterocycles. The molecule has 14 heavy (non-hydrogen) atoms. The van der Waals surface area contributed by atoms with Crippen LogP contribution in [-0.2, 0) is 0 Å². The van der Waals surface area contributed by atoms with Crippen LogP contribution in [0.4, 0.5) is 0 Å². The van der Waals surface area contributed by atoms with Crippen molar-refractivity contribution in [3.05, 3.63) is 23.1 Å². The van der Waals surface area contributed by atoms with E-state index in [2.05, 4.69) is 0 Å². The second kappa shape index (κ2) is 3.63. The largest absolute Gasteiger partial charge is 0.507 e. The molecule has 1 aromatic carbocycles. The van der Waals surface area contributed by atoms with Gasteiger partial charge in [-0.25, -0.2) is 0 Å². The molecule has 2 nitrogen and oxygen atoms in total. The fourth-order valence-corrected chi connectivity index (χ4v) is 3.13. The number of benzene rings is 1. The number of thiophene rings is 1. The molecule has 0 saturated carbocycles. The molecular weight excluding hydrogens is 216 g/mol. The number of aromatic hydroxyl groups is 1. The van der Waals surface area contributed by atoms with Crippen molar-refractivity contribution in [1.82, 2.24) is 0 Å². The Balaban J connectivity index is 2.76. The number of thioether (sulfide) groups is 1. The molecule has 0 aliphatic carbocycles. The van der Waals surface area contributed by atoms with Crippen molar-refractivity contribution in [2.45, 2.75) is 4.90 Å². The summed E-state index contributed by atoms with van der Waals surface area (Å²) >= 11 is 3.22. The molecule has 0 saturated heterocycles. The highest BCUT2D eigenvalue weighted by Gasteiger charge is 2.07. The number of phenolic OH excluding ortho intramolecular Hbond substituents is 1. The van der Waals surface area contributed by atoms with Gasteiger partial charge in [0.15, 0.2) is 6.29 Å². The van der Waals surface area contributed by atoms with Gasteiger partial charge < -0.3 is 5.11 Å². The van der Waals surface area contributed by atoms with Crippen LogP contribution in [0.1, 0.15) is 10.4 Å². The van der Waals surface area contributed by atoms with E-state index in [0.29, 0.717) is 11.8 Å². The van der Waals surface area contributed by atoms with Crippen LogP contribution in [0.25, 0.3) is 10.1 Å². The minimum Gasteiger partial charge on any atom is -0.507 e. The monoisotopic (exact) mass is 224 g/mol. The quantitative estimate of drug-likeness (QED) is 0.629. The van der Waals surface area contributed by atoms with Crippen LogP contribution in [0.5, 0.6) is 5.75 Å². The van der Waals surface area contributed by atoms with E-state index < -0.39 is 0 Å². The SMILES string of the molecule is CSc1csc2cc(O)c(C=O)cc12. The highest BCUT2D eigenvalue weighted by atomic mass is 32.2. The lowest BCUT2D eigenvalue weighted by Crippen LogP contribution is -1.80. The first-order valence-electron chi connectivity index (χ1n) is 3.99. The Morgan fingerprint density at radius 2 is 2.29 bits per heavy atom. The average Bonchev–Trinajstić information content (AvgIpc) is 2.58. The zero-order valence-electron chi connectivity index (χ0n) is 7.48. The van der Waals surface area contributed by atoms with Gasteiger partial charge in [-0.3, -0.25) is 4.79 Å². The van der Waals surface area contributed by atoms with Crippen molar-refractivity contribution in [2.75, 3.05) is 6.26 Å². The fraction of sp³-hybridized carbons (Fsp3) is 0.100. The van der Waals surface area contributed by atoms with E-state index in [0.717, 1.165) is 15.0 Å². The first-order chi connectivity index (χ1) is 6.76. The van der Waals surface area contributed by atoms with Crippen molar-refractivity contribution in [2.24, 2.45) is 0 Å². The van der Waals surface area contributed by atoms with Gasteiger partial charge in [-0.15, -0.1) is 23.1 Å². The van der Waals surface area contributed by atoms with Crippen LogP contribution >= 0.6 is 23.1 Å². The van der Waals surface area contributed by atoms with Gasteiger partial charge in [-0.2, -0.15) is 0 Å². The summed E-state index contributed by atoms with van der Waals surface area (Å²) < 4.78 is 1.01. The maximum atomic E-state index is 10.6. The molecule has 0 amide bonds. The average molecular weight is 224 g/mol. The Labute approximate surface area is 89.6 Å². The van der Waals surface area contributed by atoms with E-state index >= 15 is 0 Å². The molecule has 4 heteroatoms. The van der Waals surface area contributed by atoms with Gasteiger partial charge in [-0.05, 0) is 18.4 Å². The number of phenols is 1. The summed E-state index contributed by atoms with van der Waals surface area (Å²) in [4.78, 5) is 11.8. The van der Waals surface area contributed by atoms with Crippen LogP contribution in [-0.4, -0.2) is 17.6 Å². The summed E-state index contributed by atoms with van der Waals surface area (Å²) in [6.07, 6.45) is 2.67. The standard InChI is InChI=1S/C10H8O2S2/c1-13-10-5-14-9-3-8(12)6(4-11)2-7(9)10/h2-5,12H,1H3. The van der Waals surface area contributed by atoms with Crippen molar-refractivity contribution in [1.29, 1.82) is 0 Å². The highest BCUT2D eigenvalue weighted by Crippen LogP contribution is 2.35. The lowest BCUT2D eigenvalue weighted by Gasteiger charge is -1.98. The number of hydrogen-bond donors (Lipinski definition) is 1. The Bertz CT molecular complexity index is 488. The molecule has 0 unspecified atom stereocenters. The number of hydrogen-bond acceptors (Lipinski definition) is 4. The second-order valence-electron chi connectivity index (χ2n) is 2.83. The molecule has 0 bridgehead atoms. The molecule has 0 spiro atoms. The summed E-state index contributed by atoms with van der Waals surface area (Å²) in [6, 6.07) is 3.38. The molecule has 0 atom stereocenters. The number of fused-ring (bicyclic) bond motifs is 1. The lowest BCUT2D eigenvalue weighted by atomic mass is 10.1. The van der Waals surface area contributed by atoms with E-state index in [4.69, 9.17) is 0 Å². The molecule has 0 fully saturated rings. The summed E-state index contributed by atoms with van der Waals surface area (Å²) in [7, 11) is 0. The molecule has 0 radical (unpaired) electrons. The zero-order valence-corrected chi connectivity index (χ0v) is 9.11. The maximum absolute atomic E-state index is 10.6. The Morgan fingerprint density at radius 3 is 2.93 bits per heavy atom. The normalized spacial score (nSPS) is 10.6. The van der Waals surface area contributed by atoms with E-state index in [1.807, 2.05) is 11.6 Å². The maximum Gasteiger partial charge on any atom is 0.153 e. The van der Waals surface area contributed by atoms with E-state index in [1.54, 1.807) is 35.2 Å². The summed E-state index contributed by atoms with van der Waals surface area (Å²) in [5.74, 6) is 0.0574. The van der Waals surface area contributed by atoms with Gasteiger partial charge in [0.25, 0.3) is 0 Å². The van der Waals surface area contributed by atoms with Crippen molar-refractivity contribution in [3.8, 4) is 5.75 Å². The topological polar surface area (TPSA) is 37.3 Å². The lowest BCUT2D eigenvalue weighted by molar-refractivity contribution is 0.112. The van der Waals surface area contributed by atoms with Crippen molar-refractivity contribution >= 4 is 39.5 Å². The van der Waals surface area contributed by atoms with Gasteiger partial charge in [0.2, 0.25) is 0 Å². The highest BCUT2D eigenvalue weighted by molar-refractivity contribution is 7.99. The molecule has 2 rings (SSSR count). The van der Waals surface area contributed by atoms with Crippen molar-refractivity contribution < 1.29 is 9.90 Å². The van der Waals surface area contributed by atoms with Crippen LogP contribution < -0.4 is 0 Å². The molecule has 1 aromatic heterocycles. The zero-order chi connectivity index (χ0) is 10.1. The minimum atomic E-state index is 0.0574. The number of rotatable bonds is 2. The van der Waals surface area contributed by atoms with E-state index in [-0.39, 0.29) is 5.75 Å². The Morgan fingerprint density at radius 1 is 1.50 bits per heavy atom. The third kappa shape index (κ3) is 1.40. The Hall–Kier alpha value is -1.00. The summed E-state index contributed by atoms with van der Waals surface area (Å²) in [5, 5.41) is 12.5. The van der Waals surface area contributed by atoms with Crippen LogP contribution in [0.3, 0.4) is 0 Å². The smallest absolute Gasteiger partial charge is 0.153 e. The van der Waals surface area contributed by atoms with Crippen LogP contribution in [0.15, 0.2) is 22.4 Å².